The van der Waals surface area contributed by atoms with E-state index in [1.54, 1.807) is 40.3 Å². The number of fused-ring (bicyclic) bond motifs is 2. The first-order chi connectivity index (χ1) is 15.6. The highest BCUT2D eigenvalue weighted by atomic mass is 19.4. The number of benzene rings is 1. The van der Waals surface area contributed by atoms with Crippen LogP contribution in [0.4, 0.5) is 13.2 Å². The first-order valence-electron chi connectivity index (χ1n) is 10.4. The summed E-state index contributed by atoms with van der Waals surface area (Å²) in [5.74, 6) is -0.305. The molecular weight excluding hydrogens is 435 g/mol. The number of imidazole rings is 1. The van der Waals surface area contributed by atoms with Gasteiger partial charge in [0.2, 0.25) is 0 Å². The number of aromatic nitrogens is 4. The van der Waals surface area contributed by atoms with E-state index in [0.717, 1.165) is 17.8 Å². The van der Waals surface area contributed by atoms with Gasteiger partial charge in [-0.1, -0.05) is 6.07 Å². The van der Waals surface area contributed by atoms with Gasteiger partial charge >= 0.3 is 6.18 Å². The fourth-order valence-corrected chi connectivity index (χ4v) is 4.30. The molecule has 33 heavy (non-hydrogen) atoms. The summed E-state index contributed by atoms with van der Waals surface area (Å²) in [6, 6.07) is 6.45. The lowest BCUT2D eigenvalue weighted by atomic mass is 10.1. The average Bonchev–Trinajstić information content (AvgIpc) is 3.37. The van der Waals surface area contributed by atoms with Crippen LogP contribution in [0.3, 0.4) is 0 Å². The second-order valence-corrected chi connectivity index (χ2v) is 8.30. The number of alkyl halides is 3. The molecule has 0 radical (unpaired) electrons. The largest absolute Gasteiger partial charge is 0.416 e. The lowest BCUT2D eigenvalue weighted by Gasteiger charge is -2.35. The summed E-state index contributed by atoms with van der Waals surface area (Å²) >= 11 is 0. The van der Waals surface area contributed by atoms with Crippen LogP contribution >= 0.6 is 0 Å². The maximum Gasteiger partial charge on any atom is 0.416 e. The summed E-state index contributed by atoms with van der Waals surface area (Å²) in [6.45, 7) is 4.19. The minimum Gasteiger partial charge on any atom is -0.361 e. The molecule has 0 bridgehead atoms. The molecule has 4 heterocycles. The Morgan fingerprint density at radius 2 is 1.97 bits per heavy atom. The SMILES string of the molecule is Cc1cn(-c2ccc3n(c2=O)CC(C)N(Cc2c[nH]c4cc(C(F)(F)F)ccc24)C3=O)cn1. The molecular formula is C23H20F3N5O2. The Morgan fingerprint density at radius 3 is 2.67 bits per heavy atom. The topological polar surface area (TPSA) is 75.9 Å². The zero-order chi connectivity index (χ0) is 23.5. The Bertz CT molecular complexity index is 1450. The zero-order valence-electron chi connectivity index (χ0n) is 17.8. The molecule has 5 rings (SSSR count). The lowest BCUT2D eigenvalue weighted by Crippen LogP contribution is -2.49. The fraction of sp³-hybridized carbons (Fsp3) is 0.261. The molecule has 1 aliphatic rings. The number of carbonyl (C=O) groups is 1. The second kappa shape index (κ2) is 7.36. The standard InChI is InChI=1S/C23H20F3N5O2/c1-13-9-29(12-28-13)19-5-6-20-22(33)30(14(2)10-31(20)21(19)32)11-15-8-27-18-7-16(23(24,25)26)3-4-17(15)18/h3-9,12,14,27H,10-11H2,1-2H3. The van der Waals surface area contributed by atoms with Crippen molar-refractivity contribution in [3.05, 3.63) is 81.9 Å². The Kier molecular flexibility index (Phi) is 4.70. The Labute approximate surface area is 186 Å². The molecule has 0 aliphatic carbocycles. The van der Waals surface area contributed by atoms with Crippen LogP contribution in [0, 0.1) is 6.92 Å². The summed E-state index contributed by atoms with van der Waals surface area (Å²) in [5, 5.41) is 0.622. The van der Waals surface area contributed by atoms with Crippen molar-refractivity contribution >= 4 is 16.8 Å². The molecule has 10 heteroatoms. The van der Waals surface area contributed by atoms with Crippen LogP contribution in [-0.2, 0) is 19.3 Å². The number of amides is 1. The van der Waals surface area contributed by atoms with Crippen LogP contribution < -0.4 is 5.56 Å². The summed E-state index contributed by atoms with van der Waals surface area (Å²) < 4.78 is 42.1. The predicted octanol–water partition coefficient (Wildman–Crippen LogP) is 3.89. The normalized spacial score (nSPS) is 16.5. The number of pyridine rings is 1. The summed E-state index contributed by atoms with van der Waals surface area (Å²) in [7, 11) is 0. The van der Waals surface area contributed by atoms with Crippen LogP contribution in [0.5, 0.6) is 0 Å². The lowest BCUT2D eigenvalue weighted by molar-refractivity contribution is -0.137. The number of nitrogens with zero attached hydrogens (tertiary/aromatic N) is 4. The first-order valence-corrected chi connectivity index (χ1v) is 10.4. The molecule has 1 unspecified atom stereocenters. The number of carbonyl (C=O) groups excluding carboxylic acids is 1. The van der Waals surface area contributed by atoms with Gasteiger partial charge in [0.15, 0.2) is 0 Å². The van der Waals surface area contributed by atoms with Crippen molar-refractivity contribution in [3.8, 4) is 5.69 Å². The molecule has 1 N–H and O–H groups in total. The Hall–Kier alpha value is -3.82. The average molecular weight is 455 g/mol. The zero-order valence-corrected chi connectivity index (χ0v) is 17.8. The maximum atomic E-state index is 13.3. The van der Waals surface area contributed by atoms with E-state index in [-0.39, 0.29) is 29.7 Å². The number of hydrogen-bond donors (Lipinski definition) is 1. The van der Waals surface area contributed by atoms with E-state index < -0.39 is 11.7 Å². The van der Waals surface area contributed by atoms with Crippen LogP contribution in [0.25, 0.3) is 16.6 Å². The number of aromatic amines is 1. The molecule has 0 saturated heterocycles. The summed E-state index contributed by atoms with van der Waals surface area (Å²) in [6.07, 6.45) is 0.491. The van der Waals surface area contributed by atoms with E-state index in [1.807, 2.05) is 13.8 Å². The van der Waals surface area contributed by atoms with Crippen molar-refractivity contribution in [1.29, 1.82) is 0 Å². The van der Waals surface area contributed by atoms with Gasteiger partial charge in [-0.3, -0.25) is 9.59 Å². The minimum absolute atomic E-state index is 0.210. The van der Waals surface area contributed by atoms with E-state index in [9.17, 15) is 22.8 Å². The van der Waals surface area contributed by atoms with Crippen molar-refractivity contribution < 1.29 is 18.0 Å². The fourth-order valence-electron chi connectivity index (χ4n) is 4.30. The quantitative estimate of drug-likeness (QED) is 0.509. The molecule has 0 saturated carbocycles. The van der Waals surface area contributed by atoms with E-state index in [1.165, 1.54) is 10.6 Å². The number of nitrogens with one attached hydrogen (secondary N) is 1. The number of aryl methyl sites for hydroxylation is 1. The number of hydrogen-bond acceptors (Lipinski definition) is 3. The van der Waals surface area contributed by atoms with Crippen LogP contribution in [0.1, 0.15) is 34.2 Å². The van der Waals surface area contributed by atoms with Gasteiger partial charge in [0.05, 0.1) is 17.6 Å². The number of rotatable bonds is 3. The third-order valence-electron chi connectivity index (χ3n) is 6.04. The molecule has 7 nitrogen and oxygen atoms in total. The molecule has 3 aromatic heterocycles. The minimum atomic E-state index is -4.43. The summed E-state index contributed by atoms with van der Waals surface area (Å²) in [4.78, 5) is 35.0. The smallest absolute Gasteiger partial charge is 0.361 e. The van der Waals surface area contributed by atoms with Crippen molar-refractivity contribution in [2.75, 3.05) is 0 Å². The number of H-pyrrole nitrogens is 1. The Morgan fingerprint density at radius 1 is 1.18 bits per heavy atom. The number of halogens is 3. The van der Waals surface area contributed by atoms with E-state index >= 15 is 0 Å². The molecule has 1 amide bonds. The van der Waals surface area contributed by atoms with Crippen molar-refractivity contribution in [3.63, 3.8) is 0 Å². The highest BCUT2D eigenvalue weighted by Crippen LogP contribution is 2.32. The van der Waals surface area contributed by atoms with Gasteiger partial charge in [0.25, 0.3) is 11.5 Å². The molecule has 0 spiro atoms. The van der Waals surface area contributed by atoms with Gasteiger partial charge in [-0.05, 0) is 43.7 Å². The monoisotopic (exact) mass is 455 g/mol. The first kappa shape index (κ1) is 21.0. The third kappa shape index (κ3) is 3.51. The molecule has 170 valence electrons. The van der Waals surface area contributed by atoms with Gasteiger partial charge in [0, 0.05) is 42.4 Å². The molecule has 0 fully saturated rings. The van der Waals surface area contributed by atoms with E-state index in [2.05, 4.69) is 9.97 Å². The van der Waals surface area contributed by atoms with Gasteiger partial charge in [0.1, 0.15) is 11.4 Å². The van der Waals surface area contributed by atoms with Gasteiger partial charge < -0.3 is 19.0 Å². The van der Waals surface area contributed by atoms with Crippen molar-refractivity contribution in [1.82, 2.24) is 24.0 Å². The van der Waals surface area contributed by atoms with Crippen LogP contribution in [0.15, 0.2) is 53.8 Å². The van der Waals surface area contributed by atoms with Crippen molar-refractivity contribution in [2.24, 2.45) is 0 Å². The van der Waals surface area contributed by atoms with E-state index in [4.69, 9.17) is 0 Å². The van der Waals surface area contributed by atoms with E-state index in [0.29, 0.717) is 28.7 Å². The summed E-state index contributed by atoms with van der Waals surface area (Å²) in [5.41, 5.74) is 1.50. The van der Waals surface area contributed by atoms with Gasteiger partial charge in [-0.25, -0.2) is 4.98 Å². The molecule has 1 atom stereocenters. The molecule has 4 aromatic rings. The predicted molar refractivity (Wildman–Crippen MR) is 115 cm³/mol. The molecule has 1 aromatic carbocycles. The highest BCUT2D eigenvalue weighted by molar-refractivity contribution is 5.94. The van der Waals surface area contributed by atoms with Gasteiger partial charge in [-0.2, -0.15) is 13.2 Å². The molecule has 1 aliphatic heterocycles. The Balaban J connectivity index is 1.47. The van der Waals surface area contributed by atoms with Gasteiger partial charge in [-0.15, -0.1) is 0 Å². The highest BCUT2D eigenvalue weighted by Gasteiger charge is 2.33. The third-order valence-corrected chi connectivity index (χ3v) is 6.04. The van der Waals surface area contributed by atoms with Crippen molar-refractivity contribution in [2.45, 2.75) is 39.2 Å². The maximum absolute atomic E-state index is 13.3. The second-order valence-electron chi connectivity index (χ2n) is 8.30. The van der Waals surface area contributed by atoms with Crippen LogP contribution in [0.2, 0.25) is 0 Å². The van der Waals surface area contributed by atoms with Crippen LogP contribution in [-0.4, -0.2) is 36.0 Å².